The van der Waals surface area contributed by atoms with Crippen LogP contribution in [0.25, 0.3) is 10.9 Å². The number of hydrogen-bond acceptors (Lipinski definition) is 4. The third-order valence-electron chi connectivity index (χ3n) is 6.52. The van der Waals surface area contributed by atoms with Crippen molar-refractivity contribution < 1.29 is 37.1 Å². The summed E-state index contributed by atoms with van der Waals surface area (Å²) >= 11 is 0. The minimum atomic E-state index is -4.41. The number of aromatic amines is 1. The van der Waals surface area contributed by atoms with E-state index in [1.807, 2.05) is 0 Å². The molecule has 42 heavy (non-hydrogen) atoms. The SMILES string of the molecule is CNC(=O)/C=C/CC[C@@H](CN(C)C(=O)O)C(=O)Nc1cccn(Cc2cc3cc(F)cc(CCC(F)(F)F)c3[nH]2)c1=O. The molecule has 3 amide bonds. The Labute approximate surface area is 238 Å². The van der Waals surface area contributed by atoms with E-state index in [-0.39, 0.29) is 36.7 Å². The van der Waals surface area contributed by atoms with Gasteiger partial charge in [-0.15, -0.1) is 0 Å². The van der Waals surface area contributed by atoms with Gasteiger partial charge in [-0.05, 0) is 61.2 Å². The first-order valence-electron chi connectivity index (χ1n) is 13.0. The molecule has 0 fully saturated rings. The Morgan fingerprint density at radius 3 is 2.62 bits per heavy atom. The molecule has 0 aliphatic heterocycles. The van der Waals surface area contributed by atoms with Crippen molar-refractivity contribution >= 4 is 34.5 Å². The Bertz CT molecular complexity index is 1530. The summed E-state index contributed by atoms with van der Waals surface area (Å²) < 4.78 is 53.6. The molecule has 0 aliphatic carbocycles. The predicted molar refractivity (Wildman–Crippen MR) is 148 cm³/mol. The Kier molecular flexibility index (Phi) is 10.5. The largest absolute Gasteiger partial charge is 0.465 e. The number of halogens is 4. The summed E-state index contributed by atoms with van der Waals surface area (Å²) in [6, 6.07) is 6.67. The zero-order chi connectivity index (χ0) is 31.0. The first kappa shape index (κ1) is 31.9. The number of rotatable bonds is 12. The lowest BCUT2D eigenvalue weighted by Crippen LogP contribution is -2.37. The minimum absolute atomic E-state index is 0.0486. The van der Waals surface area contributed by atoms with Crippen molar-refractivity contribution in [2.45, 2.75) is 38.4 Å². The Morgan fingerprint density at radius 2 is 1.95 bits per heavy atom. The third-order valence-corrected chi connectivity index (χ3v) is 6.52. The Morgan fingerprint density at radius 1 is 1.21 bits per heavy atom. The predicted octanol–water partition coefficient (Wildman–Crippen LogP) is 4.26. The van der Waals surface area contributed by atoms with Crippen LogP contribution in [0.15, 0.2) is 53.5 Å². The average molecular weight is 594 g/mol. The monoisotopic (exact) mass is 593 g/mol. The summed E-state index contributed by atoms with van der Waals surface area (Å²) in [5.41, 5.74) is 0.268. The number of carboxylic acid groups (broad SMARTS) is 1. The molecule has 10 nitrogen and oxygen atoms in total. The zero-order valence-electron chi connectivity index (χ0n) is 22.9. The minimum Gasteiger partial charge on any atom is -0.465 e. The molecular formula is C28H31F4N5O5. The zero-order valence-corrected chi connectivity index (χ0v) is 22.9. The number of benzene rings is 1. The second kappa shape index (κ2) is 13.8. The van der Waals surface area contributed by atoms with Crippen LogP contribution in [0.1, 0.15) is 30.5 Å². The lowest BCUT2D eigenvalue weighted by atomic mass is 10.0. The van der Waals surface area contributed by atoms with Gasteiger partial charge in [0.25, 0.3) is 5.56 Å². The van der Waals surface area contributed by atoms with E-state index in [4.69, 9.17) is 0 Å². The lowest BCUT2D eigenvalue weighted by Gasteiger charge is -2.21. The number of fused-ring (bicyclic) bond motifs is 1. The third kappa shape index (κ3) is 8.94. The number of pyridine rings is 1. The van der Waals surface area contributed by atoms with Gasteiger partial charge in [0.15, 0.2) is 0 Å². The molecule has 226 valence electrons. The number of aromatic nitrogens is 2. The second-order valence-corrected chi connectivity index (χ2v) is 9.74. The van der Waals surface area contributed by atoms with Crippen molar-refractivity contribution in [2.75, 3.05) is 26.0 Å². The van der Waals surface area contributed by atoms with Gasteiger partial charge >= 0.3 is 12.3 Å². The maximum Gasteiger partial charge on any atom is 0.407 e. The molecule has 0 saturated carbocycles. The van der Waals surface area contributed by atoms with E-state index in [2.05, 4.69) is 15.6 Å². The molecule has 0 saturated heterocycles. The molecular weight excluding hydrogens is 562 g/mol. The van der Waals surface area contributed by atoms with E-state index in [1.54, 1.807) is 6.08 Å². The molecule has 4 N–H and O–H groups in total. The number of likely N-dealkylation sites (N-methyl/N-ethyl adjacent to an activating group) is 1. The van der Waals surface area contributed by atoms with Gasteiger partial charge in [0.2, 0.25) is 11.8 Å². The number of carbonyl (C=O) groups is 3. The van der Waals surface area contributed by atoms with Crippen LogP contribution in [0.3, 0.4) is 0 Å². The second-order valence-electron chi connectivity index (χ2n) is 9.74. The van der Waals surface area contributed by atoms with Crippen molar-refractivity contribution in [1.82, 2.24) is 19.8 Å². The molecule has 0 aliphatic rings. The topological polar surface area (TPSA) is 137 Å². The first-order chi connectivity index (χ1) is 19.8. The number of H-pyrrole nitrogens is 1. The highest BCUT2D eigenvalue weighted by Gasteiger charge is 2.27. The summed E-state index contributed by atoms with van der Waals surface area (Å²) in [6.07, 6.45) is -2.39. The van der Waals surface area contributed by atoms with Crippen molar-refractivity contribution in [3.63, 3.8) is 0 Å². The van der Waals surface area contributed by atoms with Crippen LogP contribution in [-0.2, 0) is 22.6 Å². The number of nitrogens with one attached hydrogen (secondary N) is 3. The molecule has 3 aromatic rings. The van der Waals surface area contributed by atoms with E-state index in [0.29, 0.717) is 23.0 Å². The highest BCUT2D eigenvalue weighted by molar-refractivity contribution is 5.92. The summed E-state index contributed by atoms with van der Waals surface area (Å²) in [5.74, 6) is -2.45. The molecule has 14 heteroatoms. The van der Waals surface area contributed by atoms with Crippen LogP contribution in [0.5, 0.6) is 0 Å². The molecule has 0 bridgehead atoms. The standard InChI is InChI=1S/C28H31F4N5O5/c1-33-23(38)8-4-3-6-18(15-36(2)27(41)42)25(39)35-22-7-5-11-37(26(22)40)16-21-14-19-13-20(29)12-17(24(19)34-21)9-10-28(30,31)32/h4-5,7-8,11-14,18,34H,3,6,9-10,15-16H2,1-2H3,(H,33,38)(H,35,39)(H,41,42)/b8-4+/t18-/m0/s1. The van der Waals surface area contributed by atoms with E-state index in [9.17, 15) is 41.8 Å². The van der Waals surface area contributed by atoms with E-state index in [1.165, 1.54) is 55.2 Å². The van der Waals surface area contributed by atoms with Crippen LogP contribution < -0.4 is 16.2 Å². The first-order valence-corrected chi connectivity index (χ1v) is 13.0. The number of carbonyl (C=O) groups excluding carboxylic acids is 2. The van der Waals surface area contributed by atoms with Crippen LogP contribution in [0, 0.1) is 11.7 Å². The number of amides is 3. The van der Waals surface area contributed by atoms with Crippen LogP contribution in [-0.4, -0.2) is 64.3 Å². The van der Waals surface area contributed by atoms with Gasteiger partial charge in [0.1, 0.15) is 11.5 Å². The van der Waals surface area contributed by atoms with Crippen LogP contribution in [0.4, 0.5) is 28.0 Å². The van der Waals surface area contributed by atoms with Crippen molar-refractivity contribution in [1.29, 1.82) is 0 Å². The molecule has 2 heterocycles. The van der Waals surface area contributed by atoms with Gasteiger partial charge in [-0.1, -0.05) is 6.08 Å². The smallest absolute Gasteiger partial charge is 0.407 e. The fourth-order valence-electron chi connectivity index (χ4n) is 4.36. The highest BCUT2D eigenvalue weighted by Crippen LogP contribution is 2.27. The van der Waals surface area contributed by atoms with Gasteiger partial charge < -0.3 is 30.2 Å². The van der Waals surface area contributed by atoms with Gasteiger partial charge in [-0.25, -0.2) is 9.18 Å². The van der Waals surface area contributed by atoms with Crippen molar-refractivity contribution in [3.05, 3.63) is 76.1 Å². The highest BCUT2D eigenvalue weighted by atomic mass is 19.4. The molecule has 0 radical (unpaired) electrons. The number of alkyl halides is 3. The summed E-state index contributed by atoms with van der Waals surface area (Å²) in [4.78, 5) is 52.9. The average Bonchev–Trinajstić information content (AvgIpc) is 3.32. The number of anilines is 1. The Balaban J connectivity index is 1.80. The van der Waals surface area contributed by atoms with E-state index >= 15 is 0 Å². The van der Waals surface area contributed by atoms with Gasteiger partial charge in [0.05, 0.1) is 12.5 Å². The quantitative estimate of drug-likeness (QED) is 0.184. The number of aryl methyl sites for hydroxylation is 1. The van der Waals surface area contributed by atoms with Crippen LogP contribution >= 0.6 is 0 Å². The normalized spacial score (nSPS) is 12.4. The van der Waals surface area contributed by atoms with Crippen molar-refractivity contribution in [3.8, 4) is 0 Å². The van der Waals surface area contributed by atoms with Gasteiger partial charge in [0, 0.05) is 49.9 Å². The summed E-state index contributed by atoms with van der Waals surface area (Å²) in [7, 11) is 2.77. The molecule has 0 spiro atoms. The molecule has 1 atom stereocenters. The van der Waals surface area contributed by atoms with E-state index < -0.39 is 48.3 Å². The lowest BCUT2D eigenvalue weighted by molar-refractivity contribution is -0.134. The van der Waals surface area contributed by atoms with Crippen molar-refractivity contribution in [2.24, 2.45) is 5.92 Å². The van der Waals surface area contributed by atoms with Gasteiger partial charge in [-0.2, -0.15) is 13.2 Å². The Hall–Kier alpha value is -4.62. The molecule has 0 unspecified atom stereocenters. The number of allylic oxidation sites excluding steroid dienone is 1. The summed E-state index contributed by atoms with van der Waals surface area (Å²) in [5, 5.41) is 14.6. The fourth-order valence-corrected chi connectivity index (χ4v) is 4.36. The fraction of sp³-hybridized carbons (Fsp3) is 0.357. The van der Waals surface area contributed by atoms with Gasteiger partial charge in [-0.3, -0.25) is 14.4 Å². The number of hydrogen-bond donors (Lipinski definition) is 4. The molecule has 2 aromatic heterocycles. The summed E-state index contributed by atoms with van der Waals surface area (Å²) in [6.45, 7) is -0.203. The number of nitrogens with zero attached hydrogens (tertiary/aromatic N) is 2. The maximum atomic E-state index is 14.1. The maximum absolute atomic E-state index is 14.1. The molecule has 3 rings (SSSR count). The van der Waals surface area contributed by atoms with Crippen LogP contribution in [0.2, 0.25) is 0 Å². The molecule has 1 aromatic carbocycles. The van der Waals surface area contributed by atoms with E-state index in [0.717, 1.165) is 11.0 Å².